The van der Waals surface area contributed by atoms with Crippen LogP contribution in [0.1, 0.15) is 45.0 Å². The molecule has 0 saturated heterocycles. The first-order valence-corrected chi connectivity index (χ1v) is 10.2. The number of halogens is 4. The largest absolute Gasteiger partial charge is 0.487 e. The molecule has 0 N–H and O–H groups in total. The van der Waals surface area contributed by atoms with Crippen molar-refractivity contribution in [2.75, 3.05) is 13.2 Å². The molecule has 1 fully saturated rings. The first kappa shape index (κ1) is 22.0. The second-order valence-electron chi connectivity index (χ2n) is 7.95. The monoisotopic (exact) mass is 433 g/mol. The number of rotatable bonds is 9. The second kappa shape index (κ2) is 8.18. The average Bonchev–Trinajstić information content (AvgIpc) is 3.02. The van der Waals surface area contributed by atoms with E-state index in [1.165, 1.54) is 19.1 Å². The van der Waals surface area contributed by atoms with E-state index in [0.29, 0.717) is 31.3 Å². The summed E-state index contributed by atoms with van der Waals surface area (Å²) >= 11 is 0.558. The Morgan fingerprint density at radius 3 is 2.72 bits per heavy atom. The van der Waals surface area contributed by atoms with Gasteiger partial charge in [0.2, 0.25) is 0 Å². The summed E-state index contributed by atoms with van der Waals surface area (Å²) in [7, 11) is 0. The van der Waals surface area contributed by atoms with Gasteiger partial charge in [-0.25, -0.2) is 13.8 Å². The summed E-state index contributed by atoms with van der Waals surface area (Å²) in [4.78, 5) is 14.8. The molecule has 1 aromatic heterocycles. The van der Waals surface area contributed by atoms with Crippen LogP contribution in [0.5, 0.6) is 5.75 Å². The normalized spacial score (nSPS) is 23.1. The first-order valence-electron chi connectivity index (χ1n) is 9.37. The fraction of sp³-hybridized carbons (Fsp3) is 0.600. The molecule has 0 radical (unpaired) electrons. The molecule has 1 aliphatic rings. The maximum Gasteiger partial charge on any atom is 0.296 e. The Bertz CT molecular complexity index is 890. The lowest BCUT2D eigenvalue weighted by Crippen LogP contribution is -2.49. The fourth-order valence-electron chi connectivity index (χ4n) is 3.29. The van der Waals surface area contributed by atoms with Gasteiger partial charge in [0.1, 0.15) is 18.1 Å². The summed E-state index contributed by atoms with van der Waals surface area (Å²) in [5.74, 6) is -4.02. The van der Waals surface area contributed by atoms with Crippen LogP contribution in [-0.4, -0.2) is 35.8 Å². The number of alkyl halides is 3. The van der Waals surface area contributed by atoms with Gasteiger partial charge in [-0.3, -0.25) is 0 Å². The highest BCUT2D eigenvalue weighted by Crippen LogP contribution is 2.41. The Balaban J connectivity index is 1.54. The smallest absolute Gasteiger partial charge is 0.296 e. The van der Waals surface area contributed by atoms with Gasteiger partial charge in [-0.1, -0.05) is 6.92 Å². The molecule has 29 heavy (non-hydrogen) atoms. The Morgan fingerprint density at radius 1 is 1.41 bits per heavy atom. The molecule has 1 atom stereocenters. The van der Waals surface area contributed by atoms with E-state index in [2.05, 4.69) is 4.98 Å². The minimum absolute atomic E-state index is 0.0405. The van der Waals surface area contributed by atoms with E-state index < -0.39 is 22.4 Å². The standard InChI is InChI=1S/C20H23F4NO3S/c1-11(6-12(2)26)9-27-13-7-20(24,8-13)10-28-15-5-4-14-17(16(15)21)29-18(25-14)19(3,22)23/h4-5,11,13H,6-10H2,1-3H3/t11-,13?,20?/m1/s1. The third-order valence-corrected chi connectivity index (χ3v) is 6.00. The van der Waals surface area contributed by atoms with Crippen molar-refractivity contribution in [3.8, 4) is 5.75 Å². The number of carbonyl (C=O) groups is 1. The Labute approximate surface area is 170 Å². The Morgan fingerprint density at radius 2 is 2.10 bits per heavy atom. The van der Waals surface area contributed by atoms with Crippen molar-refractivity contribution in [3.63, 3.8) is 0 Å². The van der Waals surface area contributed by atoms with E-state index in [4.69, 9.17) is 9.47 Å². The number of benzene rings is 1. The molecule has 0 bridgehead atoms. The van der Waals surface area contributed by atoms with Crippen molar-refractivity contribution in [1.29, 1.82) is 0 Å². The highest BCUT2D eigenvalue weighted by Gasteiger charge is 2.46. The van der Waals surface area contributed by atoms with Crippen molar-refractivity contribution in [3.05, 3.63) is 23.0 Å². The number of hydrogen-bond donors (Lipinski definition) is 0. The van der Waals surface area contributed by atoms with Crippen LogP contribution in [-0.2, 0) is 15.5 Å². The molecule has 1 aliphatic carbocycles. The van der Waals surface area contributed by atoms with Gasteiger partial charge in [0.15, 0.2) is 16.6 Å². The van der Waals surface area contributed by atoms with E-state index >= 15 is 0 Å². The minimum Gasteiger partial charge on any atom is -0.487 e. The highest BCUT2D eigenvalue weighted by atomic mass is 32.1. The molecule has 4 nitrogen and oxygen atoms in total. The van der Waals surface area contributed by atoms with Crippen molar-refractivity contribution < 1.29 is 31.8 Å². The van der Waals surface area contributed by atoms with Gasteiger partial charge < -0.3 is 14.3 Å². The molecule has 2 aromatic rings. The molecule has 9 heteroatoms. The quantitative estimate of drug-likeness (QED) is 0.495. The molecule has 1 saturated carbocycles. The van der Waals surface area contributed by atoms with E-state index in [1.54, 1.807) is 0 Å². The zero-order valence-electron chi connectivity index (χ0n) is 16.4. The lowest BCUT2D eigenvalue weighted by molar-refractivity contribution is -0.125. The van der Waals surface area contributed by atoms with Crippen LogP contribution in [0.25, 0.3) is 10.2 Å². The molecule has 0 aliphatic heterocycles. The molecule has 160 valence electrons. The number of Topliss-reactive ketones (excluding diaryl/α,β-unsaturated/α-hetero) is 1. The topological polar surface area (TPSA) is 48.4 Å². The molecule has 1 heterocycles. The van der Waals surface area contributed by atoms with Crippen LogP contribution in [0.2, 0.25) is 0 Å². The van der Waals surface area contributed by atoms with Crippen molar-refractivity contribution in [2.24, 2.45) is 5.92 Å². The van der Waals surface area contributed by atoms with Crippen LogP contribution in [0.4, 0.5) is 17.6 Å². The van der Waals surface area contributed by atoms with Crippen LogP contribution < -0.4 is 4.74 Å². The van der Waals surface area contributed by atoms with Gasteiger partial charge in [0, 0.05) is 32.8 Å². The van der Waals surface area contributed by atoms with E-state index in [9.17, 15) is 22.4 Å². The van der Waals surface area contributed by atoms with Gasteiger partial charge in [-0.05, 0) is 25.0 Å². The molecule has 3 rings (SSSR count). The van der Waals surface area contributed by atoms with Gasteiger partial charge in [-0.2, -0.15) is 8.78 Å². The summed E-state index contributed by atoms with van der Waals surface area (Å²) in [5.41, 5.74) is -1.52. The summed E-state index contributed by atoms with van der Waals surface area (Å²) in [5, 5.41) is -0.483. The van der Waals surface area contributed by atoms with Gasteiger partial charge in [0.25, 0.3) is 5.92 Å². The molecule has 0 amide bonds. The van der Waals surface area contributed by atoms with Crippen molar-refractivity contribution >= 4 is 27.3 Å². The Kier molecular flexibility index (Phi) is 6.19. The van der Waals surface area contributed by atoms with Crippen LogP contribution in [0, 0.1) is 11.7 Å². The molecule has 1 aromatic carbocycles. The van der Waals surface area contributed by atoms with E-state index in [-0.39, 0.29) is 53.2 Å². The second-order valence-corrected chi connectivity index (χ2v) is 8.95. The molecule has 0 unspecified atom stereocenters. The lowest BCUT2D eigenvalue weighted by Gasteiger charge is -2.41. The first-order chi connectivity index (χ1) is 13.5. The molecule has 0 spiro atoms. The molecular formula is C20H23F4NO3S. The number of ketones is 1. The summed E-state index contributed by atoms with van der Waals surface area (Å²) in [6, 6.07) is 2.65. The number of hydrogen-bond acceptors (Lipinski definition) is 5. The minimum atomic E-state index is -3.16. The maximum atomic E-state index is 14.7. The van der Waals surface area contributed by atoms with Crippen LogP contribution in [0.15, 0.2) is 12.1 Å². The van der Waals surface area contributed by atoms with Gasteiger partial charge in [0.05, 0.1) is 16.3 Å². The zero-order valence-corrected chi connectivity index (χ0v) is 17.3. The molecular weight excluding hydrogens is 410 g/mol. The predicted octanol–water partition coefficient (Wildman–Crippen LogP) is 5.43. The number of carbonyl (C=O) groups excluding carboxylic acids is 1. The Hall–Kier alpha value is -1.74. The van der Waals surface area contributed by atoms with Crippen LogP contribution >= 0.6 is 11.3 Å². The zero-order chi connectivity index (χ0) is 21.4. The van der Waals surface area contributed by atoms with Gasteiger partial charge >= 0.3 is 0 Å². The third kappa shape index (κ3) is 5.25. The van der Waals surface area contributed by atoms with Gasteiger partial charge in [-0.15, -0.1) is 11.3 Å². The summed E-state index contributed by atoms with van der Waals surface area (Å²) < 4.78 is 67.0. The highest BCUT2D eigenvalue weighted by molar-refractivity contribution is 7.18. The fourth-order valence-corrected chi connectivity index (χ4v) is 4.22. The number of nitrogens with zero attached hydrogens (tertiary/aromatic N) is 1. The summed E-state index contributed by atoms with van der Waals surface area (Å²) in [6.07, 6.45) is 0.398. The summed E-state index contributed by atoms with van der Waals surface area (Å²) in [6.45, 7) is 4.13. The predicted molar refractivity (Wildman–Crippen MR) is 102 cm³/mol. The number of aromatic nitrogens is 1. The number of thiazole rings is 1. The van der Waals surface area contributed by atoms with E-state index in [1.807, 2.05) is 6.92 Å². The van der Waals surface area contributed by atoms with Crippen LogP contribution in [0.3, 0.4) is 0 Å². The third-order valence-electron chi connectivity index (χ3n) is 4.76. The number of ether oxygens (including phenoxy) is 2. The lowest BCUT2D eigenvalue weighted by atomic mass is 9.79. The SMILES string of the molecule is CC(=O)C[C@@H](C)COC1CC(F)(COc2ccc3nc(C(C)(F)F)sc3c2F)C1. The van der Waals surface area contributed by atoms with Crippen molar-refractivity contribution in [1.82, 2.24) is 4.98 Å². The van der Waals surface area contributed by atoms with Crippen molar-refractivity contribution in [2.45, 2.75) is 57.7 Å². The maximum absolute atomic E-state index is 14.7. The number of fused-ring (bicyclic) bond motifs is 1. The average molecular weight is 433 g/mol. The van der Waals surface area contributed by atoms with E-state index in [0.717, 1.165) is 0 Å².